The van der Waals surface area contributed by atoms with Crippen LogP contribution in [0.2, 0.25) is 0 Å². The second kappa shape index (κ2) is 5.27. The molecule has 1 aromatic rings. The number of hydrogen-bond donors (Lipinski definition) is 1. The second-order valence-electron chi connectivity index (χ2n) is 3.61. The van der Waals surface area contributed by atoms with Gasteiger partial charge in [-0.15, -0.1) is 12.4 Å². The minimum Gasteiger partial charge on any atom is -0.330 e. The normalized spacial score (nSPS) is 13.2. The molecule has 16 heavy (non-hydrogen) atoms. The fourth-order valence-electron chi connectivity index (χ4n) is 1.87. The summed E-state index contributed by atoms with van der Waals surface area (Å²) in [5, 5.41) is 0. The molecule has 0 saturated heterocycles. The molecular formula is C11H14ClFN2O. The van der Waals surface area contributed by atoms with Gasteiger partial charge in [0, 0.05) is 25.2 Å². The Morgan fingerprint density at radius 2 is 2.25 bits per heavy atom. The van der Waals surface area contributed by atoms with Gasteiger partial charge in [-0.1, -0.05) is 6.07 Å². The van der Waals surface area contributed by atoms with Gasteiger partial charge in [0.2, 0.25) is 5.91 Å². The third-order valence-electron chi connectivity index (χ3n) is 2.60. The van der Waals surface area contributed by atoms with Crippen molar-refractivity contribution in [2.45, 2.75) is 12.8 Å². The zero-order chi connectivity index (χ0) is 10.8. The minimum atomic E-state index is -0.304. The molecule has 0 unspecified atom stereocenters. The van der Waals surface area contributed by atoms with E-state index in [0.29, 0.717) is 25.2 Å². The lowest BCUT2D eigenvalue weighted by atomic mass is 10.2. The molecule has 1 aliphatic rings. The van der Waals surface area contributed by atoms with Gasteiger partial charge in [-0.25, -0.2) is 4.39 Å². The zero-order valence-corrected chi connectivity index (χ0v) is 9.60. The summed E-state index contributed by atoms with van der Waals surface area (Å²) in [6.07, 6.45) is 1.11. The quantitative estimate of drug-likeness (QED) is 0.857. The Balaban J connectivity index is 0.00000128. The smallest absolute Gasteiger partial charge is 0.228 e. The summed E-state index contributed by atoms with van der Waals surface area (Å²) < 4.78 is 13.0. The van der Waals surface area contributed by atoms with Gasteiger partial charge in [-0.2, -0.15) is 0 Å². The number of fused-ring (bicyclic) bond motifs is 1. The van der Waals surface area contributed by atoms with Crippen molar-refractivity contribution in [1.29, 1.82) is 0 Å². The number of nitrogens with two attached hydrogens (primary N) is 1. The Kier molecular flexibility index (Phi) is 4.26. The van der Waals surface area contributed by atoms with Gasteiger partial charge < -0.3 is 10.6 Å². The molecule has 88 valence electrons. The Hall–Kier alpha value is -1.13. The third-order valence-corrected chi connectivity index (χ3v) is 2.60. The maximum atomic E-state index is 13.0. The van der Waals surface area contributed by atoms with Crippen molar-refractivity contribution in [3.63, 3.8) is 0 Å². The van der Waals surface area contributed by atoms with E-state index in [-0.39, 0.29) is 24.1 Å². The topological polar surface area (TPSA) is 46.3 Å². The number of amides is 1. The summed E-state index contributed by atoms with van der Waals surface area (Å²) >= 11 is 0. The molecule has 0 aliphatic carbocycles. The van der Waals surface area contributed by atoms with Gasteiger partial charge in [-0.05, 0) is 24.1 Å². The van der Waals surface area contributed by atoms with E-state index >= 15 is 0 Å². The SMILES string of the molecule is Cl.NCCC(=O)N1CCc2ccc(F)cc21. The van der Waals surface area contributed by atoms with Crippen LogP contribution in [0.3, 0.4) is 0 Å². The van der Waals surface area contributed by atoms with Crippen molar-refractivity contribution in [3.05, 3.63) is 29.6 Å². The summed E-state index contributed by atoms with van der Waals surface area (Å²) in [5.41, 5.74) is 7.06. The number of halogens is 2. The maximum absolute atomic E-state index is 13.0. The lowest BCUT2D eigenvalue weighted by Gasteiger charge is -2.16. The first-order chi connectivity index (χ1) is 7.22. The summed E-state index contributed by atoms with van der Waals surface area (Å²) in [7, 11) is 0. The zero-order valence-electron chi connectivity index (χ0n) is 8.78. The van der Waals surface area contributed by atoms with Crippen molar-refractivity contribution in [1.82, 2.24) is 0 Å². The fraction of sp³-hybridized carbons (Fsp3) is 0.364. The third kappa shape index (κ3) is 2.33. The van der Waals surface area contributed by atoms with Crippen LogP contribution >= 0.6 is 12.4 Å². The van der Waals surface area contributed by atoms with Crippen molar-refractivity contribution in [3.8, 4) is 0 Å². The highest BCUT2D eigenvalue weighted by Gasteiger charge is 2.24. The van der Waals surface area contributed by atoms with Crippen LogP contribution in [0.4, 0.5) is 10.1 Å². The molecule has 0 radical (unpaired) electrons. The number of nitrogens with zero attached hydrogens (tertiary/aromatic N) is 1. The average Bonchev–Trinajstić information content (AvgIpc) is 2.60. The monoisotopic (exact) mass is 244 g/mol. The van der Waals surface area contributed by atoms with Gasteiger partial charge in [-0.3, -0.25) is 4.79 Å². The van der Waals surface area contributed by atoms with Gasteiger partial charge in [0.15, 0.2) is 0 Å². The van der Waals surface area contributed by atoms with E-state index in [9.17, 15) is 9.18 Å². The van der Waals surface area contributed by atoms with Crippen LogP contribution in [0.25, 0.3) is 0 Å². The largest absolute Gasteiger partial charge is 0.330 e. The number of anilines is 1. The number of benzene rings is 1. The van der Waals surface area contributed by atoms with E-state index in [2.05, 4.69) is 0 Å². The number of carbonyl (C=O) groups excluding carboxylic acids is 1. The molecule has 0 saturated carbocycles. The van der Waals surface area contributed by atoms with Crippen molar-refractivity contribution in [2.75, 3.05) is 18.0 Å². The number of hydrogen-bond acceptors (Lipinski definition) is 2. The van der Waals surface area contributed by atoms with Crippen LogP contribution in [0.1, 0.15) is 12.0 Å². The molecule has 0 bridgehead atoms. The Labute approximate surface area is 99.8 Å². The highest BCUT2D eigenvalue weighted by Crippen LogP contribution is 2.28. The molecule has 0 spiro atoms. The first kappa shape index (κ1) is 12.9. The average molecular weight is 245 g/mol. The predicted molar refractivity (Wildman–Crippen MR) is 63.4 cm³/mol. The molecule has 1 aliphatic heterocycles. The first-order valence-electron chi connectivity index (χ1n) is 5.01. The second-order valence-corrected chi connectivity index (χ2v) is 3.61. The van der Waals surface area contributed by atoms with Crippen LogP contribution < -0.4 is 10.6 Å². The van der Waals surface area contributed by atoms with Crippen molar-refractivity contribution in [2.24, 2.45) is 5.73 Å². The first-order valence-corrected chi connectivity index (χ1v) is 5.01. The summed E-state index contributed by atoms with van der Waals surface area (Å²) in [6.45, 7) is 0.970. The van der Waals surface area contributed by atoms with E-state index in [4.69, 9.17) is 5.73 Å². The molecular weight excluding hydrogens is 231 g/mol. The van der Waals surface area contributed by atoms with Crippen LogP contribution in [0.5, 0.6) is 0 Å². The molecule has 0 aromatic heterocycles. The van der Waals surface area contributed by atoms with E-state index < -0.39 is 0 Å². The number of carbonyl (C=O) groups is 1. The van der Waals surface area contributed by atoms with Gasteiger partial charge in [0.1, 0.15) is 5.82 Å². The summed E-state index contributed by atoms with van der Waals surface area (Å²) in [5.74, 6) is -0.331. The minimum absolute atomic E-state index is 0. The molecule has 5 heteroatoms. The Morgan fingerprint density at radius 1 is 1.50 bits per heavy atom. The van der Waals surface area contributed by atoms with Crippen LogP contribution in [-0.4, -0.2) is 19.0 Å². The lowest BCUT2D eigenvalue weighted by Crippen LogP contribution is -2.30. The summed E-state index contributed by atoms with van der Waals surface area (Å²) in [4.78, 5) is 13.3. The van der Waals surface area contributed by atoms with Gasteiger partial charge in [0.05, 0.1) is 0 Å². The molecule has 1 heterocycles. The van der Waals surface area contributed by atoms with Gasteiger partial charge in [0.25, 0.3) is 0 Å². The van der Waals surface area contributed by atoms with Gasteiger partial charge >= 0.3 is 0 Å². The highest BCUT2D eigenvalue weighted by atomic mass is 35.5. The van der Waals surface area contributed by atoms with Crippen molar-refractivity contribution < 1.29 is 9.18 Å². The molecule has 3 nitrogen and oxygen atoms in total. The standard InChI is InChI=1S/C11H13FN2O.ClH/c12-9-2-1-8-4-6-14(10(8)7-9)11(15)3-5-13;/h1-2,7H,3-6,13H2;1H. The van der Waals surface area contributed by atoms with E-state index in [1.54, 1.807) is 11.0 Å². The van der Waals surface area contributed by atoms with E-state index in [1.165, 1.54) is 12.1 Å². The lowest BCUT2D eigenvalue weighted by molar-refractivity contribution is -0.118. The van der Waals surface area contributed by atoms with E-state index in [0.717, 1.165) is 12.0 Å². The molecule has 2 rings (SSSR count). The van der Waals surface area contributed by atoms with Crippen LogP contribution in [-0.2, 0) is 11.2 Å². The van der Waals surface area contributed by atoms with E-state index in [1.807, 2.05) is 0 Å². The molecule has 0 atom stereocenters. The molecule has 0 fully saturated rings. The Bertz CT molecular complexity index is 398. The fourth-order valence-corrected chi connectivity index (χ4v) is 1.87. The van der Waals surface area contributed by atoms with Crippen molar-refractivity contribution >= 4 is 24.0 Å². The number of rotatable bonds is 2. The molecule has 2 N–H and O–H groups in total. The summed E-state index contributed by atoms with van der Waals surface area (Å²) in [6, 6.07) is 4.58. The maximum Gasteiger partial charge on any atom is 0.228 e. The predicted octanol–water partition coefficient (Wildman–Crippen LogP) is 1.49. The Morgan fingerprint density at radius 3 is 2.94 bits per heavy atom. The molecule has 1 aromatic carbocycles. The highest BCUT2D eigenvalue weighted by molar-refractivity contribution is 5.95. The molecule has 1 amide bonds. The van der Waals surface area contributed by atoms with Crippen LogP contribution in [0.15, 0.2) is 18.2 Å². The van der Waals surface area contributed by atoms with Crippen LogP contribution in [0, 0.1) is 5.82 Å².